The minimum Gasteiger partial charge on any atom is -0.465 e. The van der Waals surface area contributed by atoms with E-state index in [4.69, 9.17) is 0 Å². The zero-order valence-corrected chi connectivity index (χ0v) is 13.9. The smallest absolute Gasteiger partial charge is 0.465 e. The Bertz CT molecular complexity index is 459. The summed E-state index contributed by atoms with van der Waals surface area (Å²) in [5.74, 6) is -1.10. The van der Waals surface area contributed by atoms with Crippen LogP contribution in [0.15, 0.2) is 24.3 Å². The fourth-order valence-corrected chi connectivity index (χ4v) is 1.80. The SMILES string of the molecule is CCO[P+](=O)OCC.COC(=O)c1ccccc1C(=O)OC. The van der Waals surface area contributed by atoms with E-state index in [1.807, 2.05) is 0 Å². The zero-order valence-electron chi connectivity index (χ0n) is 13.0. The molecule has 0 aliphatic carbocycles. The van der Waals surface area contributed by atoms with E-state index < -0.39 is 20.2 Å². The Morgan fingerprint density at radius 3 is 1.55 bits per heavy atom. The van der Waals surface area contributed by atoms with Gasteiger partial charge in [0, 0.05) is 4.57 Å². The molecular weight excluding hydrogens is 311 g/mol. The quantitative estimate of drug-likeness (QED) is 0.585. The second kappa shape index (κ2) is 11.8. The highest BCUT2D eigenvalue weighted by molar-refractivity contribution is 7.33. The van der Waals surface area contributed by atoms with Gasteiger partial charge in [-0.25, -0.2) is 9.59 Å². The maximum Gasteiger partial charge on any atom is 0.697 e. The summed E-state index contributed by atoms with van der Waals surface area (Å²) in [6.45, 7) is 4.42. The first-order chi connectivity index (χ1) is 10.5. The van der Waals surface area contributed by atoms with Crippen molar-refractivity contribution in [1.29, 1.82) is 0 Å². The van der Waals surface area contributed by atoms with E-state index in [1.165, 1.54) is 26.4 Å². The van der Waals surface area contributed by atoms with Crippen LogP contribution in [0.3, 0.4) is 0 Å². The molecule has 0 aliphatic rings. The van der Waals surface area contributed by atoms with E-state index in [2.05, 4.69) is 18.5 Å². The number of hydrogen-bond acceptors (Lipinski definition) is 7. The van der Waals surface area contributed by atoms with Crippen molar-refractivity contribution >= 4 is 20.2 Å². The lowest BCUT2D eigenvalue weighted by molar-refractivity contribution is 0.0555. The molecule has 0 unspecified atom stereocenters. The normalized spacial score (nSPS) is 9.27. The van der Waals surface area contributed by atoms with Crippen LogP contribution in [0.5, 0.6) is 0 Å². The van der Waals surface area contributed by atoms with Crippen molar-refractivity contribution in [1.82, 2.24) is 0 Å². The summed E-state index contributed by atoms with van der Waals surface area (Å²) in [7, 11) is 0.690. The number of methoxy groups -OCH3 is 2. The summed E-state index contributed by atoms with van der Waals surface area (Å²) < 4.78 is 28.5. The van der Waals surface area contributed by atoms with Gasteiger partial charge in [-0.1, -0.05) is 12.1 Å². The van der Waals surface area contributed by atoms with Gasteiger partial charge in [0.2, 0.25) is 0 Å². The summed E-state index contributed by atoms with van der Waals surface area (Å²) in [6, 6.07) is 6.33. The average Bonchev–Trinajstić information content (AvgIpc) is 2.54. The molecule has 1 rings (SSSR count). The van der Waals surface area contributed by atoms with E-state index in [-0.39, 0.29) is 11.1 Å². The molecule has 0 aromatic heterocycles. The van der Waals surface area contributed by atoms with Crippen molar-refractivity contribution in [3.63, 3.8) is 0 Å². The molecule has 0 radical (unpaired) electrons. The first kappa shape index (κ1) is 20.2. The van der Waals surface area contributed by atoms with Crippen LogP contribution >= 0.6 is 8.25 Å². The summed E-state index contributed by atoms with van der Waals surface area (Å²) >= 11 is 0. The Morgan fingerprint density at radius 1 is 0.909 bits per heavy atom. The standard InChI is InChI=1S/C10H10O4.C4H10O3P/c1-13-9(11)7-5-3-4-6-8(7)10(12)14-2;1-3-6-8(5)7-4-2/h3-6H,1-2H3;3-4H2,1-2H3/q;+1. The first-order valence-electron chi connectivity index (χ1n) is 6.50. The van der Waals surface area contributed by atoms with E-state index in [1.54, 1.807) is 26.0 Å². The average molecular weight is 331 g/mol. The number of carbonyl (C=O) groups excluding carboxylic acids is 2. The predicted molar refractivity (Wildman–Crippen MR) is 80.0 cm³/mol. The third kappa shape index (κ3) is 7.26. The van der Waals surface area contributed by atoms with Crippen molar-refractivity contribution in [3.05, 3.63) is 35.4 Å². The largest absolute Gasteiger partial charge is 0.697 e. The minimum atomic E-state index is -1.83. The Hall–Kier alpha value is -1.82. The van der Waals surface area contributed by atoms with Crippen LogP contribution in [-0.4, -0.2) is 39.4 Å². The van der Waals surface area contributed by atoms with Gasteiger partial charge in [0.05, 0.1) is 25.3 Å². The summed E-state index contributed by atoms with van der Waals surface area (Å²) in [5, 5.41) is 0. The number of hydrogen-bond donors (Lipinski definition) is 0. The fourth-order valence-electron chi connectivity index (χ4n) is 1.31. The van der Waals surface area contributed by atoms with Gasteiger partial charge >= 0.3 is 20.2 Å². The Kier molecular flexibility index (Phi) is 10.8. The lowest BCUT2D eigenvalue weighted by atomic mass is 10.1. The van der Waals surface area contributed by atoms with Gasteiger partial charge in [0.15, 0.2) is 0 Å². The third-order valence-corrected chi connectivity index (χ3v) is 3.14. The Balaban J connectivity index is 0.000000472. The Morgan fingerprint density at radius 2 is 1.27 bits per heavy atom. The highest BCUT2D eigenvalue weighted by Crippen LogP contribution is 2.21. The maximum atomic E-state index is 11.2. The zero-order chi connectivity index (χ0) is 17.0. The van der Waals surface area contributed by atoms with Gasteiger partial charge in [0.25, 0.3) is 0 Å². The molecule has 0 heterocycles. The van der Waals surface area contributed by atoms with Gasteiger partial charge in [0.1, 0.15) is 13.2 Å². The van der Waals surface area contributed by atoms with E-state index in [9.17, 15) is 14.2 Å². The molecule has 0 bridgehead atoms. The predicted octanol–water partition coefficient (Wildman–Crippen LogP) is 2.98. The lowest BCUT2D eigenvalue weighted by Gasteiger charge is -2.04. The second-order valence-electron chi connectivity index (χ2n) is 3.59. The lowest BCUT2D eigenvalue weighted by Crippen LogP contribution is -2.11. The van der Waals surface area contributed by atoms with Crippen LogP contribution in [-0.2, 0) is 23.1 Å². The fraction of sp³-hybridized carbons (Fsp3) is 0.429. The molecule has 0 fully saturated rings. The van der Waals surface area contributed by atoms with Crippen LogP contribution in [0, 0.1) is 0 Å². The molecule has 1 aromatic rings. The van der Waals surface area contributed by atoms with Crippen LogP contribution in [0.4, 0.5) is 0 Å². The topological polar surface area (TPSA) is 88.1 Å². The molecule has 0 spiro atoms. The van der Waals surface area contributed by atoms with E-state index in [0.717, 1.165) is 0 Å². The van der Waals surface area contributed by atoms with Crippen molar-refractivity contribution in [2.45, 2.75) is 13.8 Å². The van der Waals surface area contributed by atoms with Crippen LogP contribution < -0.4 is 0 Å². The molecule has 0 saturated heterocycles. The molecule has 22 heavy (non-hydrogen) atoms. The number of benzene rings is 1. The monoisotopic (exact) mass is 331 g/mol. The number of esters is 2. The molecular formula is C14H20O7P+. The molecule has 0 atom stereocenters. The van der Waals surface area contributed by atoms with Gasteiger partial charge < -0.3 is 9.47 Å². The third-order valence-electron chi connectivity index (χ3n) is 2.21. The Labute approximate surface area is 130 Å². The summed E-state index contributed by atoms with van der Waals surface area (Å²) in [4.78, 5) is 22.4. The molecule has 0 amide bonds. The van der Waals surface area contributed by atoms with Crippen LogP contribution in [0.2, 0.25) is 0 Å². The molecule has 8 heteroatoms. The molecule has 0 N–H and O–H groups in total. The number of carbonyl (C=O) groups is 2. The van der Waals surface area contributed by atoms with Crippen LogP contribution in [0.25, 0.3) is 0 Å². The van der Waals surface area contributed by atoms with Crippen molar-refractivity contribution in [2.24, 2.45) is 0 Å². The van der Waals surface area contributed by atoms with E-state index >= 15 is 0 Å². The summed E-state index contributed by atoms with van der Waals surface area (Å²) in [6.07, 6.45) is 0. The van der Waals surface area contributed by atoms with Gasteiger partial charge in [-0.05, 0) is 26.0 Å². The minimum absolute atomic E-state index is 0.210. The number of ether oxygens (including phenoxy) is 2. The highest BCUT2D eigenvalue weighted by Gasteiger charge is 2.17. The first-order valence-corrected chi connectivity index (χ1v) is 7.60. The molecule has 1 aromatic carbocycles. The number of rotatable bonds is 6. The highest BCUT2D eigenvalue weighted by atomic mass is 31.1. The van der Waals surface area contributed by atoms with Crippen LogP contribution in [0.1, 0.15) is 34.6 Å². The molecule has 0 saturated carbocycles. The van der Waals surface area contributed by atoms with E-state index in [0.29, 0.717) is 13.2 Å². The summed E-state index contributed by atoms with van der Waals surface area (Å²) in [5.41, 5.74) is 0.420. The molecule has 0 aliphatic heterocycles. The van der Waals surface area contributed by atoms with Gasteiger partial charge in [-0.3, -0.25) is 0 Å². The van der Waals surface area contributed by atoms with Gasteiger partial charge in [-0.2, -0.15) is 0 Å². The van der Waals surface area contributed by atoms with Crippen molar-refractivity contribution in [2.75, 3.05) is 27.4 Å². The van der Waals surface area contributed by atoms with Crippen molar-refractivity contribution < 1.29 is 32.7 Å². The second-order valence-corrected chi connectivity index (χ2v) is 4.55. The van der Waals surface area contributed by atoms with Gasteiger partial charge in [-0.15, -0.1) is 9.05 Å². The molecule has 122 valence electrons. The maximum absolute atomic E-state index is 11.2. The van der Waals surface area contributed by atoms with Crippen molar-refractivity contribution in [3.8, 4) is 0 Å². The molecule has 7 nitrogen and oxygen atoms in total.